The van der Waals surface area contributed by atoms with E-state index in [0.717, 1.165) is 0 Å². The van der Waals surface area contributed by atoms with Crippen LogP contribution in [0.2, 0.25) is 0 Å². The van der Waals surface area contributed by atoms with Gasteiger partial charge in [-0.25, -0.2) is 0 Å². The van der Waals surface area contributed by atoms with Gasteiger partial charge in [0, 0.05) is 25.4 Å². The van der Waals surface area contributed by atoms with E-state index in [4.69, 9.17) is 4.74 Å². The van der Waals surface area contributed by atoms with Gasteiger partial charge in [-0.05, 0) is 6.92 Å². The van der Waals surface area contributed by atoms with E-state index >= 15 is 0 Å². The van der Waals surface area contributed by atoms with E-state index in [0.29, 0.717) is 6.61 Å². The second-order valence-electron chi connectivity index (χ2n) is 5.31. The molecule has 0 heterocycles. The van der Waals surface area contributed by atoms with Gasteiger partial charge in [0.2, 0.25) is 11.8 Å². The molecule has 0 aromatic rings. The normalized spacial score (nSPS) is 10.8. The Kier molecular flexibility index (Phi) is 7.11. The van der Waals surface area contributed by atoms with Crippen molar-refractivity contribution in [3.8, 4) is 0 Å². The predicted octanol–water partition coefficient (Wildman–Crippen LogP) is 0.560. The third kappa shape index (κ3) is 7.43. The first-order chi connectivity index (χ1) is 8.68. The van der Waals surface area contributed by atoms with Crippen molar-refractivity contribution in [3.05, 3.63) is 0 Å². The third-order valence-corrected chi connectivity index (χ3v) is 2.40. The number of ether oxygens (including phenoxy) is 1. The Bertz CT molecular complexity index is 334. The van der Waals surface area contributed by atoms with Crippen molar-refractivity contribution in [2.45, 2.75) is 34.1 Å². The maximum absolute atomic E-state index is 11.7. The molecule has 2 amide bonds. The van der Waals surface area contributed by atoms with E-state index in [-0.39, 0.29) is 31.3 Å². The molecule has 1 N–H and O–H groups in total. The highest BCUT2D eigenvalue weighted by molar-refractivity contribution is 5.84. The molecule has 0 fully saturated rings. The van der Waals surface area contributed by atoms with Crippen LogP contribution in [0.5, 0.6) is 0 Å². The van der Waals surface area contributed by atoms with Crippen LogP contribution >= 0.6 is 0 Å². The van der Waals surface area contributed by atoms with Gasteiger partial charge in [0.1, 0.15) is 6.54 Å². The molecule has 0 bridgehead atoms. The summed E-state index contributed by atoms with van der Waals surface area (Å²) in [5.74, 6) is -0.743. The van der Waals surface area contributed by atoms with Crippen LogP contribution in [0.25, 0.3) is 0 Å². The van der Waals surface area contributed by atoms with Crippen LogP contribution in [-0.2, 0) is 19.1 Å². The van der Waals surface area contributed by atoms with Crippen molar-refractivity contribution < 1.29 is 19.1 Å². The molecule has 0 spiro atoms. The molecule has 19 heavy (non-hydrogen) atoms. The van der Waals surface area contributed by atoms with Crippen LogP contribution in [-0.4, -0.2) is 49.4 Å². The Labute approximate surface area is 114 Å². The molecule has 6 heteroatoms. The minimum Gasteiger partial charge on any atom is -0.465 e. The number of carbonyl (C=O) groups excluding carboxylic acids is 3. The Hall–Kier alpha value is -1.59. The first-order valence-electron chi connectivity index (χ1n) is 6.36. The van der Waals surface area contributed by atoms with Crippen molar-refractivity contribution in [3.63, 3.8) is 0 Å². The Balaban J connectivity index is 3.98. The second-order valence-corrected chi connectivity index (χ2v) is 5.31. The van der Waals surface area contributed by atoms with Gasteiger partial charge in [-0.15, -0.1) is 0 Å². The summed E-state index contributed by atoms with van der Waals surface area (Å²) in [6.07, 6.45) is 0.164. The molecule has 110 valence electrons. The minimum atomic E-state index is -0.472. The first kappa shape index (κ1) is 17.4. The molecule has 0 radical (unpaired) electrons. The van der Waals surface area contributed by atoms with Crippen molar-refractivity contribution in [2.75, 3.05) is 26.7 Å². The van der Waals surface area contributed by atoms with E-state index in [1.807, 2.05) is 0 Å². The second kappa shape index (κ2) is 7.76. The molecule has 0 rings (SSSR count). The van der Waals surface area contributed by atoms with Crippen molar-refractivity contribution in [1.82, 2.24) is 10.2 Å². The average molecular weight is 272 g/mol. The molecule has 0 aromatic heterocycles. The van der Waals surface area contributed by atoms with E-state index in [2.05, 4.69) is 5.32 Å². The van der Waals surface area contributed by atoms with Gasteiger partial charge in [0.05, 0.1) is 6.61 Å². The van der Waals surface area contributed by atoms with Crippen LogP contribution in [0.4, 0.5) is 0 Å². The molecule has 0 aliphatic heterocycles. The lowest BCUT2D eigenvalue weighted by Gasteiger charge is -2.19. The van der Waals surface area contributed by atoms with E-state index in [1.54, 1.807) is 27.7 Å². The smallest absolute Gasteiger partial charge is 0.325 e. The number of nitrogens with one attached hydrogen (secondary N) is 1. The summed E-state index contributed by atoms with van der Waals surface area (Å²) in [6.45, 7) is 7.61. The summed E-state index contributed by atoms with van der Waals surface area (Å²) in [5.41, 5.74) is -0.472. The van der Waals surface area contributed by atoms with Gasteiger partial charge < -0.3 is 15.0 Å². The fourth-order valence-corrected chi connectivity index (χ4v) is 1.23. The molecule has 0 unspecified atom stereocenters. The number of hydrogen-bond acceptors (Lipinski definition) is 4. The number of hydrogen-bond donors (Lipinski definition) is 1. The van der Waals surface area contributed by atoms with Gasteiger partial charge in [-0.3, -0.25) is 14.4 Å². The number of esters is 1. The maximum atomic E-state index is 11.7. The Morgan fingerprint density at radius 3 is 2.26 bits per heavy atom. The summed E-state index contributed by atoms with van der Waals surface area (Å²) in [6, 6.07) is 0. The topological polar surface area (TPSA) is 75.7 Å². The van der Waals surface area contributed by atoms with Crippen LogP contribution in [0.15, 0.2) is 0 Å². The molecule has 0 atom stereocenters. The summed E-state index contributed by atoms with van der Waals surface area (Å²) >= 11 is 0. The van der Waals surface area contributed by atoms with Crippen molar-refractivity contribution in [1.29, 1.82) is 0 Å². The lowest BCUT2D eigenvalue weighted by molar-refractivity contribution is -0.148. The van der Waals surface area contributed by atoms with Gasteiger partial charge >= 0.3 is 5.97 Å². The molecular weight excluding hydrogens is 248 g/mol. The fourth-order valence-electron chi connectivity index (χ4n) is 1.23. The van der Waals surface area contributed by atoms with Crippen LogP contribution in [0, 0.1) is 5.41 Å². The first-order valence-corrected chi connectivity index (χ1v) is 6.36. The largest absolute Gasteiger partial charge is 0.465 e. The third-order valence-electron chi connectivity index (χ3n) is 2.40. The molecule has 0 aliphatic rings. The highest BCUT2D eigenvalue weighted by Crippen LogP contribution is 2.12. The number of carbonyl (C=O) groups is 3. The lowest BCUT2D eigenvalue weighted by atomic mass is 9.96. The molecule has 6 nitrogen and oxygen atoms in total. The van der Waals surface area contributed by atoms with Gasteiger partial charge in [0.25, 0.3) is 0 Å². The average Bonchev–Trinajstić information content (AvgIpc) is 2.27. The molecular formula is C13H24N2O4. The van der Waals surface area contributed by atoms with Gasteiger partial charge in [-0.2, -0.15) is 0 Å². The van der Waals surface area contributed by atoms with E-state index < -0.39 is 11.4 Å². The summed E-state index contributed by atoms with van der Waals surface area (Å²) in [7, 11) is 1.53. The number of amides is 2. The van der Waals surface area contributed by atoms with E-state index in [1.165, 1.54) is 11.9 Å². The van der Waals surface area contributed by atoms with Crippen molar-refractivity contribution in [2.24, 2.45) is 5.41 Å². The molecule has 0 aliphatic carbocycles. The predicted molar refractivity (Wildman–Crippen MR) is 71.4 cm³/mol. The van der Waals surface area contributed by atoms with Crippen molar-refractivity contribution >= 4 is 17.8 Å². The summed E-state index contributed by atoms with van der Waals surface area (Å²) in [4.78, 5) is 35.7. The lowest BCUT2D eigenvalue weighted by Crippen LogP contribution is -2.38. The monoisotopic (exact) mass is 272 g/mol. The highest BCUT2D eigenvalue weighted by Gasteiger charge is 2.21. The molecule has 0 saturated heterocycles. The number of nitrogens with zero attached hydrogens (tertiary/aromatic N) is 1. The van der Waals surface area contributed by atoms with E-state index in [9.17, 15) is 14.4 Å². The van der Waals surface area contributed by atoms with Gasteiger partial charge in [-0.1, -0.05) is 20.8 Å². The number of rotatable bonds is 6. The Morgan fingerprint density at radius 1 is 1.21 bits per heavy atom. The standard InChI is InChI=1S/C13H24N2O4/c1-6-19-11(17)9-15(5)10(16)7-8-14-12(18)13(2,3)4/h6-9H2,1-5H3,(H,14,18). The summed E-state index contributed by atoms with van der Waals surface area (Å²) in [5, 5.41) is 2.68. The number of likely N-dealkylation sites (N-methyl/N-ethyl adjacent to an activating group) is 1. The minimum absolute atomic E-state index is 0.0696. The maximum Gasteiger partial charge on any atom is 0.325 e. The van der Waals surface area contributed by atoms with Gasteiger partial charge in [0.15, 0.2) is 0 Å². The Morgan fingerprint density at radius 2 is 1.79 bits per heavy atom. The fraction of sp³-hybridized carbons (Fsp3) is 0.769. The quantitative estimate of drug-likeness (QED) is 0.717. The SMILES string of the molecule is CCOC(=O)CN(C)C(=O)CCNC(=O)C(C)(C)C. The molecule has 0 aromatic carbocycles. The highest BCUT2D eigenvalue weighted by atomic mass is 16.5. The molecule has 0 saturated carbocycles. The van der Waals surface area contributed by atoms with Crippen LogP contribution in [0.1, 0.15) is 34.1 Å². The van der Waals surface area contributed by atoms with Crippen LogP contribution in [0.3, 0.4) is 0 Å². The zero-order chi connectivity index (χ0) is 15.1. The zero-order valence-electron chi connectivity index (χ0n) is 12.4. The summed E-state index contributed by atoms with van der Waals surface area (Å²) < 4.78 is 4.75. The van der Waals surface area contributed by atoms with Crippen LogP contribution < -0.4 is 5.32 Å². The zero-order valence-corrected chi connectivity index (χ0v) is 12.4.